The van der Waals surface area contributed by atoms with Crippen molar-refractivity contribution in [2.24, 2.45) is 5.10 Å². The molecular weight excluding hydrogens is 549 g/mol. The van der Waals surface area contributed by atoms with Crippen molar-refractivity contribution < 1.29 is 19.2 Å². The molecule has 34 heavy (non-hydrogen) atoms. The molecule has 0 saturated heterocycles. The average molecular weight is 569 g/mol. The Hall–Kier alpha value is -3.73. The second-order valence-electron chi connectivity index (χ2n) is 7.45. The zero-order valence-corrected chi connectivity index (χ0v) is 20.6. The quantitative estimate of drug-likeness (QED) is 0.160. The first-order valence-electron chi connectivity index (χ1n) is 10.3. The van der Waals surface area contributed by atoms with Gasteiger partial charge in [0.25, 0.3) is 11.6 Å². The second kappa shape index (κ2) is 10.0. The Morgan fingerprint density at radius 1 is 1.12 bits per heavy atom. The van der Waals surface area contributed by atoms with Crippen molar-refractivity contribution in [1.82, 2.24) is 0 Å². The number of hydrogen-bond donors (Lipinski definition) is 0. The van der Waals surface area contributed by atoms with E-state index in [4.69, 9.17) is 9.47 Å². The largest absolute Gasteiger partial charge is 0.493 e. The van der Waals surface area contributed by atoms with Crippen molar-refractivity contribution in [1.29, 1.82) is 0 Å². The van der Waals surface area contributed by atoms with Gasteiger partial charge in [-0.1, -0.05) is 30.3 Å². The summed E-state index contributed by atoms with van der Waals surface area (Å²) >= 11 is 2.14. The number of non-ortho nitro benzene ring substituents is 1. The fourth-order valence-electron chi connectivity index (χ4n) is 3.47. The number of carbonyl (C=O) groups excluding carboxylic acids is 1. The van der Waals surface area contributed by atoms with Crippen molar-refractivity contribution in [3.8, 4) is 11.5 Å². The van der Waals surface area contributed by atoms with E-state index in [0.717, 1.165) is 9.13 Å². The molecule has 1 aliphatic rings. The van der Waals surface area contributed by atoms with Gasteiger partial charge in [-0.15, -0.1) is 0 Å². The smallest absolute Gasteiger partial charge is 0.280 e. The first kappa shape index (κ1) is 23.4. The highest BCUT2D eigenvalue weighted by atomic mass is 127. The first-order chi connectivity index (χ1) is 16.4. The molecule has 1 heterocycles. The molecule has 0 spiro atoms. The molecule has 1 amide bonds. The number of hydrazone groups is 1. The third kappa shape index (κ3) is 4.93. The molecule has 0 atom stereocenters. The molecule has 0 radical (unpaired) electrons. The van der Waals surface area contributed by atoms with Crippen molar-refractivity contribution in [3.63, 3.8) is 0 Å². The van der Waals surface area contributed by atoms with Crippen molar-refractivity contribution in [2.75, 3.05) is 12.1 Å². The van der Waals surface area contributed by atoms with Crippen LogP contribution in [-0.2, 0) is 11.4 Å². The number of halogens is 1. The van der Waals surface area contributed by atoms with E-state index in [1.165, 1.54) is 24.3 Å². The van der Waals surface area contributed by atoms with E-state index in [-0.39, 0.29) is 18.2 Å². The highest BCUT2D eigenvalue weighted by Crippen LogP contribution is 2.36. The molecule has 0 aromatic heterocycles. The van der Waals surface area contributed by atoms with Crippen LogP contribution in [0.4, 0.5) is 11.4 Å². The number of benzene rings is 3. The molecule has 9 heteroatoms. The Morgan fingerprint density at radius 2 is 1.88 bits per heavy atom. The van der Waals surface area contributed by atoms with E-state index >= 15 is 0 Å². The van der Waals surface area contributed by atoms with E-state index in [0.29, 0.717) is 34.0 Å². The molecule has 3 aromatic rings. The zero-order valence-electron chi connectivity index (χ0n) is 18.4. The molecule has 8 nitrogen and oxygen atoms in total. The van der Waals surface area contributed by atoms with Gasteiger partial charge in [0.15, 0.2) is 11.5 Å². The molecule has 4 rings (SSSR count). The van der Waals surface area contributed by atoms with E-state index in [2.05, 4.69) is 27.7 Å². The first-order valence-corrected chi connectivity index (χ1v) is 11.4. The molecule has 3 aromatic carbocycles. The average Bonchev–Trinajstić information content (AvgIpc) is 3.12. The molecule has 1 aliphatic heterocycles. The number of ether oxygens (including phenoxy) is 2. The number of methoxy groups -OCH3 is 1. The van der Waals surface area contributed by atoms with E-state index < -0.39 is 4.92 Å². The maximum absolute atomic E-state index is 13.0. The number of nitro groups is 1. The number of nitro benzene ring substituents is 1. The molecule has 172 valence electrons. The summed E-state index contributed by atoms with van der Waals surface area (Å²) in [6.45, 7) is 1.94. The number of amides is 1. The van der Waals surface area contributed by atoms with Crippen LogP contribution in [0.25, 0.3) is 6.08 Å². The van der Waals surface area contributed by atoms with Crippen LogP contribution in [0.2, 0.25) is 0 Å². The van der Waals surface area contributed by atoms with Gasteiger partial charge in [0, 0.05) is 12.1 Å². The number of carbonyl (C=O) groups is 1. The van der Waals surface area contributed by atoms with Gasteiger partial charge in [-0.25, -0.2) is 0 Å². The summed E-state index contributed by atoms with van der Waals surface area (Å²) in [7, 11) is 1.53. The lowest BCUT2D eigenvalue weighted by Crippen LogP contribution is -2.21. The highest BCUT2D eigenvalue weighted by Gasteiger charge is 2.28. The minimum absolute atomic E-state index is 0.00699. The lowest BCUT2D eigenvalue weighted by Gasteiger charge is -2.14. The number of nitrogens with zero attached hydrogens (tertiary/aromatic N) is 3. The maximum Gasteiger partial charge on any atom is 0.280 e. The van der Waals surface area contributed by atoms with Gasteiger partial charge >= 0.3 is 0 Å². The van der Waals surface area contributed by atoms with Gasteiger partial charge in [0.2, 0.25) is 0 Å². The van der Waals surface area contributed by atoms with Gasteiger partial charge in [-0.05, 0) is 71.0 Å². The Kier molecular flexibility index (Phi) is 6.92. The van der Waals surface area contributed by atoms with Gasteiger partial charge in [0.1, 0.15) is 6.61 Å². The van der Waals surface area contributed by atoms with Crippen LogP contribution in [0.1, 0.15) is 18.1 Å². The predicted molar refractivity (Wildman–Crippen MR) is 138 cm³/mol. The lowest BCUT2D eigenvalue weighted by molar-refractivity contribution is -0.384. The zero-order chi connectivity index (χ0) is 24.2. The fraction of sp³-hybridized carbons (Fsp3) is 0.120. The second-order valence-corrected chi connectivity index (χ2v) is 8.61. The van der Waals surface area contributed by atoms with E-state index in [9.17, 15) is 14.9 Å². The summed E-state index contributed by atoms with van der Waals surface area (Å²) in [6, 6.07) is 19.2. The predicted octanol–water partition coefficient (Wildman–Crippen LogP) is 5.59. The van der Waals surface area contributed by atoms with Crippen LogP contribution in [0.15, 0.2) is 77.4 Å². The number of para-hydroxylation sites is 1. The number of hydrogen-bond acceptors (Lipinski definition) is 6. The van der Waals surface area contributed by atoms with Crippen LogP contribution >= 0.6 is 22.6 Å². The van der Waals surface area contributed by atoms with Gasteiger partial charge in [0.05, 0.1) is 32.6 Å². The maximum atomic E-state index is 13.0. The Balaban J connectivity index is 1.58. The highest BCUT2D eigenvalue weighted by molar-refractivity contribution is 14.1. The van der Waals surface area contributed by atoms with Crippen LogP contribution in [-0.4, -0.2) is 23.7 Å². The third-order valence-electron chi connectivity index (χ3n) is 5.13. The van der Waals surface area contributed by atoms with Gasteiger partial charge in [-0.3, -0.25) is 14.9 Å². The minimum atomic E-state index is -0.440. The SMILES string of the molecule is COc1cc(/C=C2/C(=O)N(c3ccccc3)N=C2C)cc(I)c1OCc1cccc([N+](=O)[O-])c1. The van der Waals surface area contributed by atoms with Crippen molar-refractivity contribution >= 4 is 51.7 Å². The normalized spacial score (nSPS) is 14.3. The van der Waals surface area contributed by atoms with Crippen LogP contribution in [0, 0.1) is 13.7 Å². The monoisotopic (exact) mass is 569 g/mol. The summed E-state index contributed by atoms with van der Waals surface area (Å²) in [6.07, 6.45) is 1.78. The summed E-state index contributed by atoms with van der Waals surface area (Å²) in [5.41, 5.74) is 3.25. The Labute approximate surface area is 209 Å². The van der Waals surface area contributed by atoms with E-state index in [1.807, 2.05) is 36.4 Å². The molecular formula is C25H20IN3O5. The molecule has 0 saturated carbocycles. The van der Waals surface area contributed by atoms with E-state index in [1.54, 1.807) is 31.2 Å². The summed E-state index contributed by atoms with van der Waals surface area (Å²) < 4.78 is 12.3. The Morgan fingerprint density at radius 3 is 2.59 bits per heavy atom. The standard InChI is InChI=1S/C25H20IN3O5/c1-16-21(25(30)28(27-16)19-8-4-3-5-9-19)12-18-13-22(26)24(23(14-18)33-2)34-15-17-7-6-10-20(11-17)29(31)32/h3-14H,15H2,1-2H3/b21-12+. The minimum Gasteiger partial charge on any atom is -0.493 e. The lowest BCUT2D eigenvalue weighted by atomic mass is 10.1. The molecule has 0 fully saturated rings. The van der Waals surface area contributed by atoms with Crippen molar-refractivity contribution in [3.05, 3.63) is 97.1 Å². The van der Waals surface area contributed by atoms with Crippen LogP contribution < -0.4 is 14.5 Å². The van der Waals surface area contributed by atoms with Gasteiger partial charge < -0.3 is 9.47 Å². The molecule has 0 bridgehead atoms. The summed E-state index contributed by atoms with van der Waals surface area (Å²) in [4.78, 5) is 23.6. The third-order valence-corrected chi connectivity index (χ3v) is 5.93. The number of anilines is 1. The fourth-order valence-corrected chi connectivity index (χ4v) is 4.25. The Bertz CT molecular complexity index is 1320. The van der Waals surface area contributed by atoms with Crippen molar-refractivity contribution in [2.45, 2.75) is 13.5 Å². The van der Waals surface area contributed by atoms with Crippen LogP contribution in [0.3, 0.4) is 0 Å². The molecule has 0 unspecified atom stereocenters. The number of rotatable bonds is 7. The molecule has 0 N–H and O–H groups in total. The summed E-state index contributed by atoms with van der Waals surface area (Å²) in [5, 5.41) is 16.8. The van der Waals surface area contributed by atoms with Crippen LogP contribution in [0.5, 0.6) is 11.5 Å². The summed E-state index contributed by atoms with van der Waals surface area (Å²) in [5.74, 6) is 0.804. The molecule has 0 aliphatic carbocycles. The topological polar surface area (TPSA) is 94.3 Å². The van der Waals surface area contributed by atoms with Gasteiger partial charge in [-0.2, -0.15) is 10.1 Å².